The van der Waals surface area contributed by atoms with Gasteiger partial charge in [0.1, 0.15) is 0 Å². The predicted molar refractivity (Wildman–Crippen MR) is 110 cm³/mol. The van der Waals surface area contributed by atoms with Crippen molar-refractivity contribution >= 4 is 45.7 Å². The van der Waals surface area contributed by atoms with Crippen LogP contribution in [0.25, 0.3) is 10.8 Å². The lowest BCUT2D eigenvalue weighted by atomic mass is 10.0. The van der Waals surface area contributed by atoms with Gasteiger partial charge >= 0.3 is 0 Å². The van der Waals surface area contributed by atoms with Crippen molar-refractivity contribution in [2.24, 2.45) is 0 Å². The number of rotatable bonds is 2. The van der Waals surface area contributed by atoms with Gasteiger partial charge in [0, 0.05) is 21.5 Å². The van der Waals surface area contributed by atoms with Crippen LogP contribution in [0.3, 0.4) is 0 Å². The number of anilines is 2. The summed E-state index contributed by atoms with van der Waals surface area (Å²) in [7, 11) is 0. The molecule has 1 aliphatic carbocycles. The topological polar surface area (TPSA) is 58.2 Å². The quantitative estimate of drug-likeness (QED) is 0.688. The van der Waals surface area contributed by atoms with Crippen LogP contribution < -0.4 is 10.6 Å². The number of carbonyl (C=O) groups excluding carboxylic acids is 2. The van der Waals surface area contributed by atoms with Gasteiger partial charge in [-0.2, -0.15) is 0 Å². The Morgan fingerprint density at radius 3 is 2.78 bits per heavy atom. The first-order valence-corrected chi connectivity index (χ1v) is 9.94. The van der Waals surface area contributed by atoms with E-state index in [1.807, 2.05) is 25.1 Å². The molecule has 0 aromatic heterocycles. The van der Waals surface area contributed by atoms with Crippen LogP contribution in [-0.2, 0) is 17.6 Å². The molecule has 0 saturated heterocycles. The van der Waals surface area contributed by atoms with Crippen LogP contribution in [-0.4, -0.2) is 17.1 Å². The van der Waals surface area contributed by atoms with Crippen molar-refractivity contribution in [1.29, 1.82) is 0 Å². The van der Waals surface area contributed by atoms with Crippen LogP contribution in [0.2, 0.25) is 0 Å². The Morgan fingerprint density at radius 1 is 1.11 bits per heavy atom. The number of nitrogens with one attached hydrogen (secondary N) is 2. The molecule has 27 heavy (non-hydrogen) atoms. The van der Waals surface area contributed by atoms with Gasteiger partial charge in [-0.1, -0.05) is 24.3 Å². The van der Waals surface area contributed by atoms with Crippen molar-refractivity contribution in [3.8, 4) is 0 Å². The summed E-state index contributed by atoms with van der Waals surface area (Å²) in [6.07, 6.45) is 2.12. The molecule has 0 spiro atoms. The van der Waals surface area contributed by atoms with E-state index in [0.717, 1.165) is 28.8 Å². The van der Waals surface area contributed by atoms with Gasteiger partial charge < -0.3 is 10.6 Å². The third-order valence-electron chi connectivity index (χ3n) is 5.30. The summed E-state index contributed by atoms with van der Waals surface area (Å²) in [6.45, 7) is 1.87. The predicted octanol–water partition coefficient (Wildman–Crippen LogP) is 4.62. The highest BCUT2D eigenvalue weighted by atomic mass is 32.2. The maximum absolute atomic E-state index is 12.8. The first-order chi connectivity index (χ1) is 13.1. The fourth-order valence-corrected chi connectivity index (χ4v) is 4.83. The Bertz CT molecular complexity index is 1110. The average Bonchev–Trinajstić information content (AvgIpc) is 3.09. The van der Waals surface area contributed by atoms with Gasteiger partial charge in [0.15, 0.2) is 0 Å². The zero-order valence-electron chi connectivity index (χ0n) is 14.8. The highest BCUT2D eigenvalue weighted by molar-refractivity contribution is 8.00. The van der Waals surface area contributed by atoms with E-state index in [9.17, 15) is 9.59 Å². The Morgan fingerprint density at radius 2 is 1.93 bits per heavy atom. The fourth-order valence-electron chi connectivity index (χ4n) is 3.90. The minimum Gasteiger partial charge on any atom is -0.324 e. The van der Waals surface area contributed by atoms with Crippen molar-refractivity contribution in [2.45, 2.75) is 29.9 Å². The van der Waals surface area contributed by atoms with Crippen LogP contribution in [0, 0.1) is 0 Å². The van der Waals surface area contributed by atoms with E-state index in [4.69, 9.17) is 0 Å². The highest BCUT2D eigenvalue weighted by Crippen LogP contribution is 2.37. The zero-order valence-corrected chi connectivity index (χ0v) is 15.7. The van der Waals surface area contributed by atoms with Crippen molar-refractivity contribution in [3.63, 3.8) is 0 Å². The third-order valence-corrected chi connectivity index (χ3v) is 6.48. The average molecular weight is 374 g/mol. The van der Waals surface area contributed by atoms with Crippen molar-refractivity contribution in [3.05, 3.63) is 65.2 Å². The molecule has 3 aromatic carbocycles. The van der Waals surface area contributed by atoms with Gasteiger partial charge in [-0.05, 0) is 60.5 Å². The zero-order chi connectivity index (χ0) is 18.5. The van der Waals surface area contributed by atoms with Gasteiger partial charge in [0.2, 0.25) is 5.91 Å². The molecule has 2 amide bonds. The molecule has 4 nitrogen and oxygen atoms in total. The van der Waals surface area contributed by atoms with Crippen molar-refractivity contribution < 1.29 is 9.59 Å². The van der Waals surface area contributed by atoms with Crippen molar-refractivity contribution in [1.82, 2.24) is 0 Å². The monoisotopic (exact) mass is 374 g/mol. The summed E-state index contributed by atoms with van der Waals surface area (Å²) in [5, 5.41) is 8.18. The first-order valence-electron chi connectivity index (χ1n) is 9.06. The number of fused-ring (bicyclic) bond motifs is 1. The maximum Gasteiger partial charge on any atom is 0.255 e. The minimum atomic E-state index is -0.172. The molecule has 2 N–H and O–H groups in total. The molecule has 1 heterocycles. The number of amides is 2. The lowest BCUT2D eigenvalue weighted by Crippen LogP contribution is -2.26. The Balaban J connectivity index is 1.48. The van der Waals surface area contributed by atoms with E-state index in [1.165, 1.54) is 28.3 Å². The summed E-state index contributed by atoms with van der Waals surface area (Å²) < 4.78 is 0. The second kappa shape index (κ2) is 6.13. The smallest absolute Gasteiger partial charge is 0.255 e. The summed E-state index contributed by atoms with van der Waals surface area (Å²) in [6, 6.07) is 15.8. The van der Waals surface area contributed by atoms with E-state index in [0.29, 0.717) is 11.3 Å². The molecule has 5 rings (SSSR count). The molecule has 3 aromatic rings. The van der Waals surface area contributed by atoms with E-state index in [-0.39, 0.29) is 17.1 Å². The standard InChI is InChI=1S/C22H18N2O2S/c1-12-21(25)24-18-11-15(8-10-19(18)27-12)22(26)23-17-9-7-14-6-5-13-3-2-4-16(17)20(13)14/h2-4,7-12H,5-6H2,1H3,(H,23,26)(H,24,25). The number of benzene rings is 3. The van der Waals surface area contributed by atoms with Crippen LogP contribution >= 0.6 is 11.8 Å². The SMILES string of the molecule is CC1Sc2ccc(C(=O)Nc3ccc4c5c(cccc35)CC4)cc2NC1=O. The molecule has 1 atom stereocenters. The molecule has 0 bridgehead atoms. The van der Waals surface area contributed by atoms with E-state index >= 15 is 0 Å². The Hall–Kier alpha value is -2.79. The van der Waals surface area contributed by atoms with Crippen LogP contribution in [0.15, 0.2) is 53.4 Å². The molecule has 0 fully saturated rings. The van der Waals surface area contributed by atoms with Crippen LogP contribution in [0.4, 0.5) is 11.4 Å². The largest absolute Gasteiger partial charge is 0.324 e. The minimum absolute atomic E-state index is 0.0300. The van der Waals surface area contributed by atoms with E-state index in [2.05, 4.69) is 34.9 Å². The molecule has 0 radical (unpaired) electrons. The number of hydrogen-bond donors (Lipinski definition) is 2. The normalized spacial score (nSPS) is 17.5. The molecule has 5 heteroatoms. The summed E-state index contributed by atoms with van der Waals surface area (Å²) in [4.78, 5) is 25.7. The summed E-state index contributed by atoms with van der Waals surface area (Å²) >= 11 is 1.51. The van der Waals surface area contributed by atoms with Gasteiger partial charge in [-0.3, -0.25) is 9.59 Å². The molecule has 134 valence electrons. The van der Waals surface area contributed by atoms with E-state index < -0.39 is 0 Å². The van der Waals surface area contributed by atoms with Gasteiger partial charge in [0.05, 0.1) is 10.9 Å². The lowest BCUT2D eigenvalue weighted by molar-refractivity contribution is -0.115. The fraction of sp³-hybridized carbons (Fsp3) is 0.182. The van der Waals surface area contributed by atoms with E-state index in [1.54, 1.807) is 6.07 Å². The molecular weight excluding hydrogens is 356 g/mol. The second-order valence-electron chi connectivity index (χ2n) is 7.03. The second-order valence-corrected chi connectivity index (χ2v) is 8.41. The molecule has 0 saturated carbocycles. The Labute approximate surface area is 161 Å². The number of aryl methyl sites for hydroxylation is 2. The molecule has 2 aliphatic rings. The summed E-state index contributed by atoms with van der Waals surface area (Å²) in [5.74, 6) is -0.202. The molecule has 1 aliphatic heterocycles. The maximum atomic E-state index is 12.8. The number of thioether (sulfide) groups is 1. The van der Waals surface area contributed by atoms with Gasteiger partial charge in [-0.15, -0.1) is 11.8 Å². The third kappa shape index (κ3) is 2.70. The number of hydrogen-bond acceptors (Lipinski definition) is 3. The van der Waals surface area contributed by atoms with Crippen molar-refractivity contribution in [2.75, 3.05) is 10.6 Å². The first kappa shape index (κ1) is 16.4. The van der Waals surface area contributed by atoms with Gasteiger partial charge in [0.25, 0.3) is 5.91 Å². The molecule has 1 unspecified atom stereocenters. The van der Waals surface area contributed by atoms with Gasteiger partial charge in [-0.25, -0.2) is 0 Å². The van der Waals surface area contributed by atoms with Crippen LogP contribution in [0.5, 0.6) is 0 Å². The van der Waals surface area contributed by atoms with Crippen LogP contribution in [0.1, 0.15) is 28.4 Å². The molecular formula is C22H18N2O2S. The lowest BCUT2D eigenvalue weighted by Gasteiger charge is -2.21. The summed E-state index contributed by atoms with van der Waals surface area (Å²) in [5.41, 5.74) is 4.76. The number of carbonyl (C=O) groups is 2. The highest BCUT2D eigenvalue weighted by Gasteiger charge is 2.24. The Kier molecular flexibility index (Phi) is 3.72.